The van der Waals surface area contributed by atoms with Crippen molar-refractivity contribution in [2.75, 3.05) is 11.4 Å². The van der Waals surface area contributed by atoms with Gasteiger partial charge in [0.25, 0.3) is 0 Å². The minimum absolute atomic E-state index is 0.0382. The van der Waals surface area contributed by atoms with E-state index >= 15 is 0 Å². The second-order valence-electron chi connectivity index (χ2n) is 6.90. The maximum Gasteiger partial charge on any atom is 0.223 e. The lowest BCUT2D eigenvalue weighted by atomic mass is 9.95. The Hall–Kier alpha value is -2.23. The topological polar surface area (TPSA) is 50.3 Å². The van der Waals surface area contributed by atoms with Gasteiger partial charge >= 0.3 is 0 Å². The van der Waals surface area contributed by atoms with Gasteiger partial charge in [-0.3, -0.25) is 9.78 Å². The van der Waals surface area contributed by atoms with Gasteiger partial charge in [0.1, 0.15) is 5.78 Å². The molecule has 0 radical (unpaired) electrons. The molecule has 1 aromatic rings. The van der Waals surface area contributed by atoms with Crippen molar-refractivity contribution in [1.82, 2.24) is 4.98 Å². The third-order valence-corrected chi connectivity index (χ3v) is 4.91. The molecule has 1 amide bonds. The van der Waals surface area contributed by atoms with E-state index in [-0.39, 0.29) is 11.7 Å². The molecule has 1 unspecified atom stereocenters. The zero-order valence-electron chi connectivity index (χ0n) is 15.2. The van der Waals surface area contributed by atoms with E-state index in [1.165, 1.54) is 0 Å². The summed E-state index contributed by atoms with van der Waals surface area (Å²) in [5, 5.41) is 0. The number of rotatable bonds is 8. The van der Waals surface area contributed by atoms with Crippen LogP contribution < -0.4 is 4.90 Å². The van der Waals surface area contributed by atoms with E-state index in [1.807, 2.05) is 23.1 Å². The number of Topliss-reactive ketones (excluding diaryl/α,β-unsaturated/α-hetero) is 1. The Labute approximate surface area is 150 Å². The molecular formula is C21H28N2O2. The zero-order valence-corrected chi connectivity index (χ0v) is 15.2. The number of hydrogen-bond acceptors (Lipinski definition) is 3. The number of amides is 1. The average molecular weight is 340 g/mol. The number of anilines is 1. The molecule has 0 aliphatic heterocycles. The summed E-state index contributed by atoms with van der Waals surface area (Å²) < 4.78 is 0. The third kappa shape index (κ3) is 5.66. The smallest absolute Gasteiger partial charge is 0.223 e. The highest BCUT2D eigenvalue weighted by Crippen LogP contribution is 2.39. The predicted molar refractivity (Wildman–Crippen MR) is 101 cm³/mol. The van der Waals surface area contributed by atoms with Crippen LogP contribution in [0.2, 0.25) is 0 Å². The summed E-state index contributed by atoms with van der Waals surface area (Å²) in [5.74, 6) is 1.55. The molecule has 1 aliphatic rings. The summed E-state index contributed by atoms with van der Waals surface area (Å²) in [6.07, 6.45) is 13.3. The molecule has 1 aromatic heterocycles. The van der Waals surface area contributed by atoms with Gasteiger partial charge in [0.05, 0.1) is 11.9 Å². The highest BCUT2D eigenvalue weighted by molar-refractivity contribution is 5.91. The fraction of sp³-hybridized carbons (Fsp3) is 0.476. The van der Waals surface area contributed by atoms with Gasteiger partial charge in [-0.15, -0.1) is 6.58 Å². The highest BCUT2D eigenvalue weighted by Gasteiger charge is 2.33. The lowest BCUT2D eigenvalue weighted by Crippen LogP contribution is -2.34. The molecule has 1 heterocycles. The summed E-state index contributed by atoms with van der Waals surface area (Å²) in [6.45, 7) is 7.91. The average Bonchev–Trinajstić information content (AvgIpc) is 2.99. The van der Waals surface area contributed by atoms with E-state index in [9.17, 15) is 9.59 Å². The highest BCUT2D eigenvalue weighted by atomic mass is 16.2. The second-order valence-corrected chi connectivity index (χ2v) is 6.90. The monoisotopic (exact) mass is 340 g/mol. The van der Waals surface area contributed by atoms with Crippen LogP contribution in [-0.2, 0) is 9.59 Å². The van der Waals surface area contributed by atoms with Crippen LogP contribution in [0.1, 0.15) is 39.5 Å². The second kappa shape index (κ2) is 9.30. The van der Waals surface area contributed by atoms with Crippen LogP contribution in [0.4, 0.5) is 5.69 Å². The van der Waals surface area contributed by atoms with Crippen molar-refractivity contribution >= 4 is 17.4 Å². The van der Waals surface area contributed by atoms with E-state index in [0.717, 1.165) is 24.9 Å². The molecule has 1 fully saturated rings. The van der Waals surface area contributed by atoms with Gasteiger partial charge in [-0.2, -0.15) is 0 Å². The minimum atomic E-state index is 0.0382. The van der Waals surface area contributed by atoms with E-state index in [2.05, 4.69) is 23.7 Å². The van der Waals surface area contributed by atoms with Crippen LogP contribution in [0.5, 0.6) is 0 Å². The van der Waals surface area contributed by atoms with Crippen molar-refractivity contribution < 1.29 is 9.59 Å². The molecule has 1 saturated carbocycles. The number of aromatic nitrogens is 1. The fourth-order valence-electron chi connectivity index (χ4n) is 3.60. The van der Waals surface area contributed by atoms with Crippen LogP contribution in [0.15, 0.2) is 49.3 Å². The maximum atomic E-state index is 12.1. The van der Waals surface area contributed by atoms with E-state index in [4.69, 9.17) is 0 Å². The van der Waals surface area contributed by atoms with E-state index in [1.54, 1.807) is 26.2 Å². The first-order valence-electron chi connectivity index (χ1n) is 8.98. The molecule has 25 heavy (non-hydrogen) atoms. The van der Waals surface area contributed by atoms with Gasteiger partial charge in [0.2, 0.25) is 5.91 Å². The van der Waals surface area contributed by atoms with Crippen LogP contribution in [-0.4, -0.2) is 23.2 Å². The van der Waals surface area contributed by atoms with Crippen molar-refractivity contribution in [1.29, 1.82) is 0 Å². The molecule has 4 nitrogen and oxygen atoms in total. The molecule has 0 spiro atoms. The lowest BCUT2D eigenvalue weighted by Gasteiger charge is -2.26. The SMILES string of the molecule is C=C[C@@H]1C[C@H](/C=C/CCC(C)=O)CC1CN(C(C)=O)c1cccnc1. The first-order chi connectivity index (χ1) is 12.0. The molecule has 0 N–H and O–H groups in total. The number of carbonyl (C=O) groups excluding carboxylic acids is 2. The molecule has 2 rings (SSSR count). The van der Waals surface area contributed by atoms with E-state index < -0.39 is 0 Å². The molecule has 134 valence electrons. The van der Waals surface area contributed by atoms with Crippen molar-refractivity contribution in [2.45, 2.75) is 39.5 Å². The Balaban J connectivity index is 2.00. The van der Waals surface area contributed by atoms with Crippen LogP contribution >= 0.6 is 0 Å². The zero-order chi connectivity index (χ0) is 18.2. The van der Waals surface area contributed by atoms with Crippen LogP contribution in [0, 0.1) is 17.8 Å². The van der Waals surface area contributed by atoms with Gasteiger partial charge < -0.3 is 9.69 Å². The van der Waals surface area contributed by atoms with Gasteiger partial charge in [-0.25, -0.2) is 0 Å². The Bertz CT molecular complexity index is 624. The Morgan fingerprint density at radius 2 is 2.16 bits per heavy atom. The summed E-state index contributed by atoms with van der Waals surface area (Å²) in [6, 6.07) is 3.77. The number of hydrogen-bond donors (Lipinski definition) is 0. The third-order valence-electron chi connectivity index (χ3n) is 4.91. The summed E-state index contributed by atoms with van der Waals surface area (Å²) in [7, 11) is 0. The van der Waals surface area contributed by atoms with Crippen molar-refractivity contribution in [3.05, 3.63) is 49.3 Å². The predicted octanol–water partition coefficient (Wildman–Crippen LogP) is 4.19. The normalized spacial score (nSPS) is 22.9. The standard InChI is InChI=1S/C21H28N2O2/c1-4-19-12-18(9-6-5-8-16(2)24)13-20(19)15-23(17(3)25)21-10-7-11-22-14-21/h4,6-7,9-11,14,18-20H,1,5,8,12-13,15H2,2-3H3/b9-6+/t18-,19+,20?/m0/s1. The maximum absolute atomic E-state index is 12.1. The van der Waals surface area contributed by atoms with Crippen molar-refractivity contribution in [3.63, 3.8) is 0 Å². The lowest BCUT2D eigenvalue weighted by molar-refractivity contribution is -0.117. The number of nitrogens with zero attached hydrogens (tertiary/aromatic N) is 2. The Morgan fingerprint density at radius 1 is 1.36 bits per heavy atom. The van der Waals surface area contributed by atoms with Crippen LogP contribution in [0.3, 0.4) is 0 Å². The molecule has 1 aliphatic carbocycles. The summed E-state index contributed by atoms with van der Waals surface area (Å²) in [4.78, 5) is 29.1. The van der Waals surface area contributed by atoms with Crippen molar-refractivity contribution in [3.8, 4) is 0 Å². The van der Waals surface area contributed by atoms with Crippen LogP contribution in [0.25, 0.3) is 0 Å². The molecule has 0 aromatic carbocycles. The first-order valence-corrected chi connectivity index (χ1v) is 8.98. The fourth-order valence-corrected chi connectivity index (χ4v) is 3.60. The Kier molecular flexibility index (Phi) is 7.11. The summed E-state index contributed by atoms with van der Waals surface area (Å²) in [5.41, 5.74) is 0.846. The molecule has 4 heteroatoms. The number of carbonyl (C=O) groups is 2. The Morgan fingerprint density at radius 3 is 2.76 bits per heavy atom. The molecule has 3 atom stereocenters. The van der Waals surface area contributed by atoms with Crippen molar-refractivity contribution in [2.24, 2.45) is 17.8 Å². The quantitative estimate of drug-likeness (QED) is 0.667. The molecule has 0 bridgehead atoms. The van der Waals surface area contributed by atoms with Gasteiger partial charge in [0.15, 0.2) is 0 Å². The van der Waals surface area contributed by atoms with E-state index in [0.29, 0.717) is 30.7 Å². The summed E-state index contributed by atoms with van der Waals surface area (Å²) >= 11 is 0. The van der Waals surface area contributed by atoms with Gasteiger partial charge in [-0.1, -0.05) is 18.2 Å². The van der Waals surface area contributed by atoms with Gasteiger partial charge in [-0.05, 0) is 56.1 Å². The number of ketones is 1. The first kappa shape index (κ1) is 19.1. The number of allylic oxidation sites excluding steroid dienone is 3. The molecule has 0 saturated heterocycles. The minimum Gasteiger partial charge on any atom is -0.311 e. The van der Waals surface area contributed by atoms with Gasteiger partial charge in [0, 0.05) is 26.1 Å². The largest absolute Gasteiger partial charge is 0.311 e. The molecular weight excluding hydrogens is 312 g/mol. The number of pyridine rings is 1.